The average Bonchev–Trinajstić information content (AvgIpc) is 2.75. The van der Waals surface area contributed by atoms with E-state index in [9.17, 15) is 9.59 Å². The largest absolute Gasteiger partial charge is 0.497 e. The number of rotatable bonds is 4. The number of methoxy groups -OCH3 is 3. The van der Waals surface area contributed by atoms with Gasteiger partial charge in [0.05, 0.1) is 26.9 Å². The van der Waals surface area contributed by atoms with Crippen LogP contribution in [-0.4, -0.2) is 33.1 Å². The zero-order valence-electron chi connectivity index (χ0n) is 18.5. The van der Waals surface area contributed by atoms with Gasteiger partial charge in [-0.15, -0.1) is 0 Å². The van der Waals surface area contributed by atoms with Gasteiger partial charge in [0.15, 0.2) is 5.78 Å². The Morgan fingerprint density at radius 3 is 2.35 bits per heavy atom. The fourth-order valence-corrected chi connectivity index (χ4v) is 4.64. The van der Waals surface area contributed by atoms with Crippen LogP contribution in [0.15, 0.2) is 47.7 Å². The number of fused-ring (bicyclic) bond motifs is 1. The van der Waals surface area contributed by atoms with Crippen molar-refractivity contribution in [3.05, 3.63) is 64.4 Å². The summed E-state index contributed by atoms with van der Waals surface area (Å²) in [6, 6.07) is 11.0. The molecule has 0 unspecified atom stereocenters. The van der Waals surface area contributed by atoms with Crippen molar-refractivity contribution in [3.63, 3.8) is 0 Å². The number of carbonyl (C=O) groups is 2. The number of ether oxygens (including phenoxy) is 3. The van der Waals surface area contributed by atoms with Crippen LogP contribution in [-0.2, 0) is 9.53 Å². The molecule has 6 heteroatoms. The first-order valence-electron chi connectivity index (χ1n) is 10.3. The summed E-state index contributed by atoms with van der Waals surface area (Å²) >= 11 is 0. The first-order chi connectivity index (χ1) is 14.8. The maximum Gasteiger partial charge on any atom is 0.337 e. The van der Waals surface area contributed by atoms with Crippen molar-refractivity contribution in [2.45, 2.75) is 32.6 Å². The summed E-state index contributed by atoms with van der Waals surface area (Å²) in [5, 5.41) is 3.50. The monoisotopic (exact) mass is 421 g/mol. The molecular weight excluding hydrogens is 394 g/mol. The molecule has 0 spiro atoms. The van der Waals surface area contributed by atoms with Crippen molar-refractivity contribution < 1.29 is 23.8 Å². The van der Waals surface area contributed by atoms with Crippen LogP contribution in [0.25, 0.3) is 0 Å². The number of esters is 1. The highest BCUT2D eigenvalue weighted by molar-refractivity contribution is 6.02. The number of Topliss-reactive ketones (excluding diaryl/α,β-unsaturated/α-hetero) is 1. The van der Waals surface area contributed by atoms with E-state index in [1.165, 1.54) is 7.11 Å². The average molecular weight is 421 g/mol. The number of allylic oxidation sites excluding steroid dienone is 2. The quantitative estimate of drug-likeness (QED) is 0.722. The third kappa shape index (κ3) is 3.67. The van der Waals surface area contributed by atoms with Crippen LogP contribution in [0.1, 0.15) is 54.1 Å². The summed E-state index contributed by atoms with van der Waals surface area (Å²) in [6.07, 6.45) is 1.25. The fourth-order valence-electron chi connectivity index (χ4n) is 4.64. The summed E-state index contributed by atoms with van der Waals surface area (Å²) in [7, 11) is 4.59. The lowest BCUT2D eigenvalue weighted by Crippen LogP contribution is -2.34. The molecule has 0 saturated heterocycles. The molecule has 31 heavy (non-hydrogen) atoms. The molecule has 2 aliphatic rings. The van der Waals surface area contributed by atoms with Gasteiger partial charge in [-0.3, -0.25) is 4.79 Å². The number of benzene rings is 2. The highest BCUT2D eigenvalue weighted by atomic mass is 16.5. The number of hydrogen-bond donors (Lipinski definition) is 1. The summed E-state index contributed by atoms with van der Waals surface area (Å²) in [5.74, 6) is 0.753. The van der Waals surface area contributed by atoms with Gasteiger partial charge in [-0.1, -0.05) is 26.0 Å². The maximum absolute atomic E-state index is 13.3. The molecule has 1 heterocycles. The maximum atomic E-state index is 13.3. The second kappa shape index (κ2) is 7.76. The Hall–Kier alpha value is -3.28. The molecule has 0 amide bonds. The van der Waals surface area contributed by atoms with Gasteiger partial charge in [0.1, 0.15) is 11.5 Å². The fraction of sp³-hybridized carbons (Fsp3) is 0.360. The Labute approximate surface area is 182 Å². The smallest absolute Gasteiger partial charge is 0.337 e. The van der Waals surface area contributed by atoms with Crippen LogP contribution < -0.4 is 14.8 Å². The predicted molar refractivity (Wildman–Crippen MR) is 118 cm³/mol. The Bertz CT molecular complexity index is 1080. The van der Waals surface area contributed by atoms with Crippen LogP contribution in [0.3, 0.4) is 0 Å². The number of ketones is 1. The third-order valence-electron chi connectivity index (χ3n) is 6.02. The van der Waals surface area contributed by atoms with Crippen molar-refractivity contribution >= 4 is 17.4 Å². The third-order valence-corrected chi connectivity index (χ3v) is 6.02. The molecule has 4 rings (SSSR count). The molecule has 162 valence electrons. The molecule has 1 N–H and O–H groups in total. The first-order valence-corrected chi connectivity index (χ1v) is 10.3. The van der Waals surface area contributed by atoms with Gasteiger partial charge >= 0.3 is 5.97 Å². The van der Waals surface area contributed by atoms with Crippen LogP contribution in [0.4, 0.5) is 5.69 Å². The molecule has 2 aromatic carbocycles. The van der Waals surface area contributed by atoms with Gasteiger partial charge in [-0.25, -0.2) is 4.79 Å². The van der Waals surface area contributed by atoms with Gasteiger partial charge in [-0.05, 0) is 29.5 Å². The Morgan fingerprint density at radius 1 is 1.03 bits per heavy atom. The van der Waals surface area contributed by atoms with Crippen molar-refractivity contribution in [1.29, 1.82) is 0 Å². The second-order valence-corrected chi connectivity index (χ2v) is 8.80. The zero-order valence-corrected chi connectivity index (χ0v) is 18.5. The number of carbonyl (C=O) groups excluding carboxylic acids is 2. The second-order valence-electron chi connectivity index (χ2n) is 8.80. The first kappa shape index (κ1) is 21.0. The molecule has 1 atom stereocenters. The summed E-state index contributed by atoms with van der Waals surface area (Å²) in [5.41, 5.74) is 4.71. The lowest BCUT2D eigenvalue weighted by atomic mass is 9.68. The molecule has 0 aromatic heterocycles. The van der Waals surface area contributed by atoms with E-state index in [2.05, 4.69) is 19.2 Å². The van der Waals surface area contributed by atoms with Crippen molar-refractivity contribution in [1.82, 2.24) is 0 Å². The topological polar surface area (TPSA) is 73.9 Å². The van der Waals surface area contributed by atoms with Crippen molar-refractivity contribution in [2.75, 3.05) is 26.6 Å². The standard InChI is InChI=1S/C25H27NO5/c1-25(2)12-18-22(19(27)13-25)21(14-6-8-15(9-7-14)24(28)31-5)23-17(26-18)10-16(29-3)11-20(23)30-4/h6-11,21,26H,12-13H2,1-5H3/t21-/m1/s1. The van der Waals surface area contributed by atoms with Gasteiger partial charge in [0, 0.05) is 47.0 Å². The predicted octanol–water partition coefficient (Wildman–Crippen LogP) is 4.69. The van der Waals surface area contributed by atoms with Gasteiger partial charge < -0.3 is 19.5 Å². The zero-order chi connectivity index (χ0) is 22.3. The van der Waals surface area contributed by atoms with E-state index in [4.69, 9.17) is 14.2 Å². The lowest BCUT2D eigenvalue weighted by molar-refractivity contribution is -0.118. The molecule has 6 nitrogen and oxygen atoms in total. The van der Waals surface area contributed by atoms with E-state index in [-0.39, 0.29) is 17.1 Å². The molecule has 1 aliphatic carbocycles. The summed E-state index contributed by atoms with van der Waals surface area (Å²) < 4.78 is 16.0. The van der Waals surface area contributed by atoms with Crippen molar-refractivity contribution in [2.24, 2.45) is 5.41 Å². The van der Waals surface area contributed by atoms with Crippen LogP contribution in [0.2, 0.25) is 0 Å². The minimum atomic E-state index is -0.394. The molecule has 2 aromatic rings. The number of hydrogen-bond acceptors (Lipinski definition) is 6. The van der Waals surface area contributed by atoms with E-state index in [1.54, 1.807) is 26.4 Å². The normalized spacial score (nSPS) is 19.1. The van der Waals surface area contributed by atoms with Gasteiger partial charge in [0.25, 0.3) is 0 Å². The summed E-state index contributed by atoms with van der Waals surface area (Å²) in [6.45, 7) is 4.22. The van der Waals surface area contributed by atoms with Crippen LogP contribution in [0, 0.1) is 5.41 Å². The Morgan fingerprint density at radius 2 is 1.74 bits per heavy atom. The van der Waals surface area contributed by atoms with Crippen molar-refractivity contribution in [3.8, 4) is 11.5 Å². The molecule has 0 radical (unpaired) electrons. The van der Waals surface area contributed by atoms with E-state index in [1.807, 2.05) is 24.3 Å². The lowest BCUT2D eigenvalue weighted by Gasteiger charge is -2.40. The number of nitrogens with one attached hydrogen (secondary N) is 1. The molecule has 0 bridgehead atoms. The Balaban J connectivity index is 1.93. The van der Waals surface area contributed by atoms with E-state index < -0.39 is 5.97 Å². The van der Waals surface area contributed by atoms with E-state index >= 15 is 0 Å². The van der Waals surface area contributed by atoms with E-state index in [0.29, 0.717) is 23.5 Å². The highest BCUT2D eigenvalue weighted by Crippen LogP contribution is 2.52. The summed E-state index contributed by atoms with van der Waals surface area (Å²) in [4.78, 5) is 25.2. The minimum absolute atomic E-state index is 0.122. The van der Waals surface area contributed by atoms with Crippen LogP contribution in [0.5, 0.6) is 11.5 Å². The Kier molecular flexibility index (Phi) is 5.25. The SMILES string of the molecule is COC(=O)c1ccc([C@@H]2C3=C(CC(C)(C)CC3=O)Nc3cc(OC)cc(OC)c32)cc1. The molecule has 0 saturated carbocycles. The molecular formula is C25H27NO5. The molecule has 0 fully saturated rings. The molecule has 1 aliphatic heterocycles. The minimum Gasteiger partial charge on any atom is -0.497 e. The van der Waals surface area contributed by atoms with E-state index in [0.717, 1.165) is 34.5 Å². The van der Waals surface area contributed by atoms with Gasteiger partial charge in [0.2, 0.25) is 0 Å². The number of anilines is 1. The van der Waals surface area contributed by atoms with Gasteiger partial charge in [-0.2, -0.15) is 0 Å². The highest BCUT2D eigenvalue weighted by Gasteiger charge is 2.42. The van der Waals surface area contributed by atoms with Crippen LogP contribution >= 0.6 is 0 Å².